The molecule has 0 aromatic heterocycles. The van der Waals surface area contributed by atoms with Crippen LogP contribution >= 0.6 is 0 Å². The molecule has 0 aliphatic carbocycles. The first-order valence-corrected chi connectivity index (χ1v) is 8.66. The van der Waals surface area contributed by atoms with Gasteiger partial charge < -0.3 is 5.32 Å². The van der Waals surface area contributed by atoms with Gasteiger partial charge in [0.1, 0.15) is 5.69 Å². The van der Waals surface area contributed by atoms with Gasteiger partial charge in [0.25, 0.3) is 11.6 Å². The Morgan fingerprint density at radius 1 is 0.929 bits per heavy atom. The lowest BCUT2D eigenvalue weighted by Gasteiger charge is -2.09. The van der Waals surface area contributed by atoms with Crippen LogP contribution in [0.2, 0.25) is 0 Å². The zero-order chi connectivity index (χ0) is 19.8. The molecule has 7 nitrogen and oxygen atoms in total. The molecule has 3 aromatic carbocycles. The fourth-order valence-electron chi connectivity index (χ4n) is 2.58. The van der Waals surface area contributed by atoms with Crippen LogP contribution in [0, 0.1) is 10.1 Å². The summed E-state index contributed by atoms with van der Waals surface area (Å²) in [6.45, 7) is 0.638. The molecule has 0 atom stereocenters. The van der Waals surface area contributed by atoms with Gasteiger partial charge in [0.05, 0.1) is 11.5 Å². The monoisotopic (exact) mass is 377 g/mol. The van der Waals surface area contributed by atoms with Crippen molar-refractivity contribution in [3.8, 4) is 0 Å². The maximum atomic E-state index is 12.2. The molecule has 0 saturated heterocycles. The quantitative estimate of drug-likeness (QED) is 0.456. The number of hydroxylamine groups is 1. The SMILES string of the molecule is O=C(NOCc1ccccc1)c1ccc(NCc2ccccc2)c([N+](=O)[O-])c1. The highest BCUT2D eigenvalue weighted by Gasteiger charge is 2.17. The molecule has 0 aliphatic rings. The Kier molecular flexibility index (Phi) is 6.33. The number of rotatable bonds is 8. The predicted octanol–water partition coefficient (Wildman–Crippen LogP) is 4.07. The number of anilines is 1. The number of nitrogens with zero attached hydrogens (tertiary/aromatic N) is 1. The lowest BCUT2D eigenvalue weighted by molar-refractivity contribution is -0.384. The first kappa shape index (κ1) is 19.1. The lowest BCUT2D eigenvalue weighted by atomic mass is 10.1. The van der Waals surface area contributed by atoms with E-state index in [-0.39, 0.29) is 17.9 Å². The van der Waals surface area contributed by atoms with E-state index in [1.54, 1.807) is 0 Å². The van der Waals surface area contributed by atoms with E-state index in [9.17, 15) is 14.9 Å². The molecule has 0 fully saturated rings. The summed E-state index contributed by atoms with van der Waals surface area (Å²) in [5.74, 6) is -0.548. The first-order chi connectivity index (χ1) is 13.6. The van der Waals surface area contributed by atoms with Crippen LogP contribution in [0.25, 0.3) is 0 Å². The van der Waals surface area contributed by atoms with Gasteiger partial charge in [0.2, 0.25) is 0 Å². The molecule has 7 heteroatoms. The molecule has 1 amide bonds. The minimum Gasteiger partial charge on any atom is -0.375 e. The number of carbonyl (C=O) groups excluding carboxylic acids is 1. The normalized spacial score (nSPS) is 10.3. The van der Waals surface area contributed by atoms with Crippen LogP contribution in [0.5, 0.6) is 0 Å². The highest BCUT2D eigenvalue weighted by molar-refractivity contribution is 5.95. The maximum absolute atomic E-state index is 12.2. The topological polar surface area (TPSA) is 93.5 Å². The number of carbonyl (C=O) groups is 1. The van der Waals surface area contributed by atoms with Crippen LogP contribution in [-0.4, -0.2) is 10.8 Å². The number of nitrogens with one attached hydrogen (secondary N) is 2. The van der Waals surface area contributed by atoms with Crippen LogP contribution in [0.1, 0.15) is 21.5 Å². The number of hydrogen-bond donors (Lipinski definition) is 2. The number of nitro groups is 1. The molecule has 0 bridgehead atoms. The molecule has 28 heavy (non-hydrogen) atoms. The van der Waals surface area contributed by atoms with Crippen molar-refractivity contribution in [2.24, 2.45) is 0 Å². The third-order valence-electron chi connectivity index (χ3n) is 4.03. The summed E-state index contributed by atoms with van der Waals surface area (Å²) in [7, 11) is 0. The van der Waals surface area contributed by atoms with Crippen LogP contribution in [0.4, 0.5) is 11.4 Å². The van der Waals surface area contributed by atoms with Crippen LogP contribution < -0.4 is 10.8 Å². The molecule has 142 valence electrons. The first-order valence-electron chi connectivity index (χ1n) is 8.66. The highest BCUT2D eigenvalue weighted by Crippen LogP contribution is 2.26. The van der Waals surface area contributed by atoms with E-state index < -0.39 is 10.8 Å². The van der Waals surface area contributed by atoms with Crippen molar-refractivity contribution in [2.75, 3.05) is 5.32 Å². The van der Waals surface area contributed by atoms with Crippen LogP contribution in [-0.2, 0) is 18.0 Å². The Balaban J connectivity index is 1.64. The number of hydrogen-bond acceptors (Lipinski definition) is 5. The predicted molar refractivity (Wildman–Crippen MR) is 106 cm³/mol. The maximum Gasteiger partial charge on any atom is 0.293 e. The van der Waals surface area contributed by atoms with Crippen molar-refractivity contribution in [3.05, 3.63) is 106 Å². The van der Waals surface area contributed by atoms with Gasteiger partial charge in [-0.05, 0) is 23.3 Å². The molecule has 2 N–H and O–H groups in total. The summed E-state index contributed by atoms with van der Waals surface area (Å²) in [4.78, 5) is 28.3. The Morgan fingerprint density at radius 3 is 2.21 bits per heavy atom. The smallest absolute Gasteiger partial charge is 0.293 e. The molecular weight excluding hydrogens is 358 g/mol. The number of amides is 1. The van der Waals surface area contributed by atoms with Crippen molar-refractivity contribution in [1.29, 1.82) is 0 Å². The fraction of sp³-hybridized carbons (Fsp3) is 0.0952. The van der Waals surface area contributed by atoms with Crippen LogP contribution in [0.15, 0.2) is 78.9 Å². The average Bonchev–Trinajstić information content (AvgIpc) is 2.73. The van der Waals surface area contributed by atoms with Gasteiger partial charge in [-0.1, -0.05) is 60.7 Å². The molecule has 0 heterocycles. The summed E-state index contributed by atoms with van der Waals surface area (Å²) < 4.78 is 0. The Bertz CT molecular complexity index is 946. The summed E-state index contributed by atoms with van der Waals surface area (Å²) in [5, 5.41) is 14.4. The van der Waals surface area contributed by atoms with E-state index in [0.717, 1.165) is 11.1 Å². The van der Waals surface area contributed by atoms with Gasteiger partial charge in [0.15, 0.2) is 0 Å². The van der Waals surface area contributed by atoms with Gasteiger partial charge in [-0.15, -0.1) is 0 Å². The minimum atomic E-state index is -0.548. The molecule has 0 unspecified atom stereocenters. The largest absolute Gasteiger partial charge is 0.375 e. The lowest BCUT2D eigenvalue weighted by Crippen LogP contribution is -2.23. The summed E-state index contributed by atoms with van der Waals surface area (Å²) in [5.41, 5.74) is 4.51. The Labute approximate surface area is 162 Å². The zero-order valence-corrected chi connectivity index (χ0v) is 15.0. The van der Waals surface area contributed by atoms with Gasteiger partial charge in [-0.3, -0.25) is 19.7 Å². The van der Waals surface area contributed by atoms with Crippen LogP contribution in [0.3, 0.4) is 0 Å². The second kappa shape index (κ2) is 9.29. The molecule has 0 aliphatic heterocycles. The fourth-order valence-corrected chi connectivity index (χ4v) is 2.58. The second-order valence-electron chi connectivity index (χ2n) is 6.03. The van der Waals surface area contributed by atoms with E-state index in [1.165, 1.54) is 18.2 Å². The molecule has 3 rings (SSSR count). The van der Waals surface area contributed by atoms with Crippen molar-refractivity contribution >= 4 is 17.3 Å². The van der Waals surface area contributed by atoms with Crippen molar-refractivity contribution in [1.82, 2.24) is 5.48 Å². The minimum absolute atomic E-state index is 0.144. The highest BCUT2D eigenvalue weighted by atomic mass is 16.7. The van der Waals surface area contributed by atoms with E-state index >= 15 is 0 Å². The number of benzene rings is 3. The average molecular weight is 377 g/mol. The van der Waals surface area contributed by atoms with E-state index in [1.807, 2.05) is 60.7 Å². The van der Waals surface area contributed by atoms with Gasteiger partial charge in [-0.2, -0.15) is 0 Å². The van der Waals surface area contributed by atoms with E-state index in [0.29, 0.717) is 12.2 Å². The standard InChI is InChI=1S/C21H19N3O4/c25-21(23-28-15-17-9-5-2-6-10-17)18-11-12-19(20(13-18)24(26)27)22-14-16-7-3-1-4-8-16/h1-13,22H,14-15H2,(H,23,25). The second-order valence-corrected chi connectivity index (χ2v) is 6.03. The molecule has 0 saturated carbocycles. The number of nitro benzene ring substituents is 1. The van der Waals surface area contributed by atoms with Crippen molar-refractivity contribution in [2.45, 2.75) is 13.2 Å². The Morgan fingerprint density at radius 2 is 1.57 bits per heavy atom. The third-order valence-corrected chi connectivity index (χ3v) is 4.03. The van der Waals surface area contributed by atoms with Crippen molar-refractivity contribution < 1.29 is 14.6 Å². The Hall–Kier alpha value is -3.71. The molecule has 3 aromatic rings. The van der Waals surface area contributed by atoms with Gasteiger partial charge in [0, 0.05) is 18.2 Å². The summed E-state index contributed by atoms with van der Waals surface area (Å²) in [6, 6.07) is 23.2. The van der Waals surface area contributed by atoms with E-state index in [4.69, 9.17) is 4.84 Å². The molecule has 0 radical (unpaired) electrons. The van der Waals surface area contributed by atoms with E-state index in [2.05, 4.69) is 10.8 Å². The summed E-state index contributed by atoms with van der Waals surface area (Å²) >= 11 is 0. The van der Waals surface area contributed by atoms with Crippen molar-refractivity contribution in [3.63, 3.8) is 0 Å². The molecular formula is C21H19N3O4. The summed E-state index contributed by atoms with van der Waals surface area (Å²) in [6.07, 6.45) is 0. The third kappa shape index (κ3) is 5.15. The van der Waals surface area contributed by atoms with Gasteiger partial charge >= 0.3 is 0 Å². The zero-order valence-electron chi connectivity index (χ0n) is 15.0. The van der Waals surface area contributed by atoms with Gasteiger partial charge in [-0.25, -0.2) is 5.48 Å². The molecule has 0 spiro atoms.